The van der Waals surface area contributed by atoms with Crippen LogP contribution in [0.4, 0.5) is 24.5 Å². The molecule has 3 atom stereocenters. The number of thiazole rings is 1. The molecule has 7 nitrogen and oxygen atoms in total. The lowest BCUT2D eigenvalue weighted by atomic mass is 9.87. The van der Waals surface area contributed by atoms with Crippen molar-refractivity contribution in [3.05, 3.63) is 96.6 Å². The Balaban J connectivity index is 1.38. The summed E-state index contributed by atoms with van der Waals surface area (Å²) in [6, 6.07) is 14.9. The number of nitrogens with zero attached hydrogens (tertiary/aromatic N) is 2. The Morgan fingerprint density at radius 2 is 1.78 bits per heavy atom. The predicted molar refractivity (Wildman–Crippen MR) is 152 cm³/mol. The fraction of sp³-hybridized carbons (Fsp3) is 0.214. The van der Waals surface area contributed by atoms with Gasteiger partial charge in [-0.2, -0.15) is 13.2 Å². The zero-order chi connectivity index (χ0) is 29.1. The maximum atomic E-state index is 13.8. The molecule has 3 amide bonds. The normalized spacial score (nSPS) is 20.2. The third kappa shape index (κ3) is 4.91. The van der Waals surface area contributed by atoms with Gasteiger partial charge in [-0.05, 0) is 54.3 Å². The van der Waals surface area contributed by atoms with Gasteiger partial charge in [0.05, 0.1) is 22.2 Å². The maximum absolute atomic E-state index is 13.8. The number of rotatable bonds is 5. The number of fused-ring (bicyclic) bond motifs is 2. The van der Waals surface area contributed by atoms with Crippen LogP contribution in [0.2, 0.25) is 0 Å². The minimum Gasteiger partial charge on any atom is -0.325 e. The summed E-state index contributed by atoms with van der Waals surface area (Å²) in [5, 5.41) is 4.01. The van der Waals surface area contributed by atoms with E-state index in [-0.39, 0.29) is 12.2 Å². The second-order valence-electron chi connectivity index (χ2n) is 9.66. The monoisotopic (exact) mass is 615 g/mol. The third-order valence-electron chi connectivity index (χ3n) is 6.93. The first-order valence-electron chi connectivity index (χ1n) is 12.4. The van der Waals surface area contributed by atoms with Crippen LogP contribution in [0.1, 0.15) is 26.8 Å². The molecule has 2 aliphatic heterocycles. The van der Waals surface area contributed by atoms with Crippen molar-refractivity contribution in [2.45, 2.75) is 35.8 Å². The molecule has 0 aliphatic carbocycles. The molecule has 2 aliphatic rings. The number of benzene rings is 2. The first kappa shape index (κ1) is 27.5. The van der Waals surface area contributed by atoms with E-state index in [0.29, 0.717) is 15.6 Å². The van der Waals surface area contributed by atoms with Crippen molar-refractivity contribution in [1.29, 1.82) is 0 Å². The average molecular weight is 616 g/mol. The number of aryl methyl sites for hydroxylation is 1. The van der Waals surface area contributed by atoms with Crippen LogP contribution < -0.4 is 15.1 Å². The number of aromatic nitrogens is 1. The molecule has 1 saturated heterocycles. The number of hydrogen-bond donors (Lipinski definition) is 1. The smallest absolute Gasteiger partial charge is 0.325 e. The van der Waals surface area contributed by atoms with Crippen LogP contribution in [0.25, 0.3) is 0 Å². The Hall–Kier alpha value is -3.68. The zero-order valence-electron chi connectivity index (χ0n) is 21.2. The molecule has 4 heterocycles. The standard InChI is InChI=1S/C28H20F3N3O4S3/c1-14-5-2-7-16(11-14)32-19(35)13-33-26-23(41-27(33)38)20(18-9-4-10-39-18)21-22(40-26)25(37)34(24(21)36)17-8-3-6-15(12-17)28(29,30)31/h2-12,20-22H,13H2,1H3,(H,32,35)/t20-,21?,22?/m1/s1. The van der Waals surface area contributed by atoms with Gasteiger partial charge in [0, 0.05) is 21.4 Å². The molecule has 2 unspecified atom stereocenters. The molecular weight excluding hydrogens is 596 g/mol. The van der Waals surface area contributed by atoms with E-state index >= 15 is 0 Å². The number of nitrogens with one attached hydrogen (secondary N) is 1. The van der Waals surface area contributed by atoms with Gasteiger partial charge in [0.2, 0.25) is 17.7 Å². The Morgan fingerprint density at radius 1 is 1.00 bits per heavy atom. The lowest BCUT2D eigenvalue weighted by molar-refractivity contribution is -0.137. The number of thioether (sulfide) groups is 1. The molecule has 0 saturated carbocycles. The molecule has 13 heteroatoms. The fourth-order valence-electron chi connectivity index (χ4n) is 5.17. The molecule has 2 aromatic heterocycles. The number of anilines is 2. The molecule has 210 valence electrons. The number of halogens is 3. The van der Waals surface area contributed by atoms with E-state index in [0.717, 1.165) is 56.6 Å². The van der Waals surface area contributed by atoms with Crippen molar-refractivity contribution in [2.75, 3.05) is 10.2 Å². The van der Waals surface area contributed by atoms with E-state index in [1.54, 1.807) is 30.3 Å². The fourth-order valence-corrected chi connectivity index (χ4v) is 8.89. The summed E-state index contributed by atoms with van der Waals surface area (Å²) in [6.07, 6.45) is -4.65. The first-order valence-corrected chi connectivity index (χ1v) is 15.0. The molecule has 1 N–H and O–H groups in total. The second-order valence-corrected chi connectivity index (χ2v) is 12.8. The first-order chi connectivity index (χ1) is 19.5. The van der Waals surface area contributed by atoms with Gasteiger partial charge in [0.1, 0.15) is 11.8 Å². The lowest BCUT2D eigenvalue weighted by Crippen LogP contribution is -2.32. The Labute approximate surface area is 243 Å². The minimum absolute atomic E-state index is 0.159. The average Bonchev–Trinajstić information content (AvgIpc) is 3.61. The molecular formula is C28H20F3N3O4S3. The van der Waals surface area contributed by atoms with Gasteiger partial charge in [-0.3, -0.25) is 23.7 Å². The topological polar surface area (TPSA) is 88.5 Å². The summed E-state index contributed by atoms with van der Waals surface area (Å²) in [7, 11) is 0. The summed E-state index contributed by atoms with van der Waals surface area (Å²) in [4.78, 5) is 55.3. The molecule has 0 radical (unpaired) electrons. The van der Waals surface area contributed by atoms with Crippen LogP contribution in [0.15, 0.2) is 75.9 Å². The number of alkyl halides is 3. The van der Waals surface area contributed by atoms with Crippen LogP contribution in [-0.2, 0) is 27.1 Å². The number of carbonyl (C=O) groups excluding carboxylic acids is 3. The highest BCUT2D eigenvalue weighted by Gasteiger charge is 2.57. The van der Waals surface area contributed by atoms with Gasteiger partial charge in [-0.1, -0.05) is 47.4 Å². The number of imide groups is 1. The van der Waals surface area contributed by atoms with Crippen molar-refractivity contribution in [3.8, 4) is 0 Å². The number of amides is 3. The maximum Gasteiger partial charge on any atom is 0.416 e. The van der Waals surface area contributed by atoms with E-state index in [4.69, 9.17) is 0 Å². The number of carbonyl (C=O) groups is 3. The summed E-state index contributed by atoms with van der Waals surface area (Å²) in [5.41, 5.74) is 0.390. The van der Waals surface area contributed by atoms with Crippen molar-refractivity contribution in [3.63, 3.8) is 0 Å². The van der Waals surface area contributed by atoms with Crippen LogP contribution in [-0.4, -0.2) is 27.5 Å². The van der Waals surface area contributed by atoms with Gasteiger partial charge in [-0.25, -0.2) is 4.90 Å². The second kappa shape index (κ2) is 10.3. The molecule has 6 rings (SSSR count). The van der Waals surface area contributed by atoms with Gasteiger partial charge < -0.3 is 5.32 Å². The van der Waals surface area contributed by atoms with Crippen molar-refractivity contribution in [2.24, 2.45) is 5.92 Å². The van der Waals surface area contributed by atoms with E-state index in [1.807, 2.05) is 18.4 Å². The van der Waals surface area contributed by atoms with Crippen molar-refractivity contribution < 1.29 is 27.6 Å². The Bertz CT molecular complexity index is 1750. The largest absolute Gasteiger partial charge is 0.416 e. The zero-order valence-corrected chi connectivity index (χ0v) is 23.6. The van der Waals surface area contributed by atoms with Gasteiger partial charge >= 0.3 is 11.0 Å². The summed E-state index contributed by atoms with van der Waals surface area (Å²) < 4.78 is 41.6. The highest BCUT2D eigenvalue weighted by molar-refractivity contribution is 8.00. The number of thiophene rings is 1. The summed E-state index contributed by atoms with van der Waals surface area (Å²) in [6.45, 7) is 1.58. The van der Waals surface area contributed by atoms with Crippen molar-refractivity contribution >= 4 is 63.5 Å². The third-order valence-corrected chi connectivity index (χ3v) is 10.5. The van der Waals surface area contributed by atoms with E-state index in [2.05, 4.69) is 5.32 Å². The summed E-state index contributed by atoms with van der Waals surface area (Å²) >= 11 is 3.28. The molecule has 41 heavy (non-hydrogen) atoms. The molecule has 4 aromatic rings. The van der Waals surface area contributed by atoms with Crippen molar-refractivity contribution in [1.82, 2.24) is 4.57 Å². The van der Waals surface area contributed by atoms with Crippen LogP contribution in [0, 0.1) is 12.8 Å². The van der Waals surface area contributed by atoms with Crippen LogP contribution in [0.5, 0.6) is 0 Å². The van der Waals surface area contributed by atoms with E-state index in [1.165, 1.54) is 22.0 Å². The quantitative estimate of drug-likeness (QED) is 0.290. The molecule has 2 aromatic carbocycles. The molecule has 0 bridgehead atoms. The summed E-state index contributed by atoms with van der Waals surface area (Å²) in [5.74, 6) is -3.32. The molecule has 0 spiro atoms. The minimum atomic E-state index is -4.65. The number of hydrogen-bond acceptors (Lipinski definition) is 7. The highest BCUT2D eigenvalue weighted by atomic mass is 32.2. The van der Waals surface area contributed by atoms with Gasteiger partial charge in [0.25, 0.3) is 0 Å². The molecule has 1 fully saturated rings. The van der Waals surface area contributed by atoms with E-state index in [9.17, 15) is 32.3 Å². The van der Waals surface area contributed by atoms with Crippen LogP contribution in [0.3, 0.4) is 0 Å². The lowest BCUT2D eigenvalue weighted by Gasteiger charge is -2.29. The Morgan fingerprint density at radius 3 is 2.49 bits per heavy atom. The van der Waals surface area contributed by atoms with Gasteiger partial charge in [0.15, 0.2) is 0 Å². The van der Waals surface area contributed by atoms with Crippen LogP contribution >= 0.6 is 34.4 Å². The Kier molecular flexibility index (Phi) is 6.91. The SMILES string of the molecule is Cc1cccc(NC(=O)Cn2c3c(sc2=O)[C@H](c2cccs2)C2C(=O)N(c4cccc(C(F)(F)F)c4)C(=O)C2S3)c1. The van der Waals surface area contributed by atoms with E-state index < -0.39 is 51.4 Å². The van der Waals surface area contributed by atoms with Gasteiger partial charge in [-0.15, -0.1) is 11.3 Å². The highest BCUT2D eigenvalue weighted by Crippen LogP contribution is 2.54. The predicted octanol–water partition coefficient (Wildman–Crippen LogP) is 5.73.